The van der Waals surface area contributed by atoms with E-state index in [1.807, 2.05) is 48.5 Å². The lowest BCUT2D eigenvalue weighted by Gasteiger charge is -2.19. The first kappa shape index (κ1) is 15.3. The summed E-state index contributed by atoms with van der Waals surface area (Å²) in [6, 6.07) is 21.5. The van der Waals surface area contributed by atoms with E-state index in [1.165, 1.54) is 5.56 Å². The minimum atomic E-state index is -0.331. The second-order valence-corrected chi connectivity index (χ2v) is 6.73. The summed E-state index contributed by atoms with van der Waals surface area (Å²) in [6.45, 7) is 6.54. The third-order valence-electron chi connectivity index (χ3n) is 3.89. The quantitative estimate of drug-likeness (QED) is 0.645. The Balaban J connectivity index is 2.11. The highest BCUT2D eigenvalue weighted by Gasteiger charge is 2.14. The van der Waals surface area contributed by atoms with E-state index < -0.39 is 0 Å². The average molecular weight is 304 g/mol. The smallest absolute Gasteiger partial charge is 0.336 e. The van der Waals surface area contributed by atoms with Gasteiger partial charge in [0.2, 0.25) is 0 Å². The van der Waals surface area contributed by atoms with Crippen molar-refractivity contribution in [2.24, 2.45) is 0 Å². The van der Waals surface area contributed by atoms with Gasteiger partial charge < -0.3 is 4.42 Å². The molecule has 0 aliphatic heterocycles. The topological polar surface area (TPSA) is 30.2 Å². The van der Waals surface area contributed by atoms with E-state index in [-0.39, 0.29) is 11.0 Å². The molecule has 23 heavy (non-hydrogen) atoms. The summed E-state index contributed by atoms with van der Waals surface area (Å²) in [5.41, 5.74) is 3.79. The summed E-state index contributed by atoms with van der Waals surface area (Å²) in [5, 5.41) is 0. The molecule has 2 heteroatoms. The van der Waals surface area contributed by atoms with Gasteiger partial charge in [-0.3, -0.25) is 0 Å². The summed E-state index contributed by atoms with van der Waals surface area (Å²) in [5.74, 6) is 0.592. The molecule has 0 fully saturated rings. The third kappa shape index (κ3) is 3.42. The minimum absolute atomic E-state index is 0.0672. The van der Waals surface area contributed by atoms with Gasteiger partial charge >= 0.3 is 5.63 Å². The van der Waals surface area contributed by atoms with Crippen LogP contribution in [-0.4, -0.2) is 0 Å². The highest BCUT2D eigenvalue weighted by Crippen LogP contribution is 2.29. The van der Waals surface area contributed by atoms with Crippen molar-refractivity contribution < 1.29 is 4.42 Å². The normalized spacial score (nSPS) is 11.4. The van der Waals surface area contributed by atoms with Gasteiger partial charge in [-0.05, 0) is 28.2 Å². The molecule has 3 rings (SSSR count). The van der Waals surface area contributed by atoms with Gasteiger partial charge in [-0.1, -0.05) is 75.4 Å². The molecule has 0 radical (unpaired) electrons. The predicted molar refractivity (Wildman–Crippen MR) is 94.6 cm³/mol. The summed E-state index contributed by atoms with van der Waals surface area (Å²) in [4.78, 5) is 12.0. The fourth-order valence-corrected chi connectivity index (χ4v) is 2.55. The highest BCUT2D eigenvalue weighted by molar-refractivity contribution is 5.69. The van der Waals surface area contributed by atoms with Crippen molar-refractivity contribution in [3.63, 3.8) is 0 Å². The van der Waals surface area contributed by atoms with Gasteiger partial charge in [-0.25, -0.2) is 4.79 Å². The number of benzene rings is 2. The van der Waals surface area contributed by atoms with Crippen LogP contribution in [0.2, 0.25) is 0 Å². The molecule has 0 aliphatic carbocycles. The molecule has 2 nitrogen and oxygen atoms in total. The van der Waals surface area contributed by atoms with Crippen LogP contribution in [0.1, 0.15) is 26.3 Å². The molecule has 0 bridgehead atoms. The summed E-state index contributed by atoms with van der Waals surface area (Å²) < 4.78 is 5.37. The van der Waals surface area contributed by atoms with Crippen LogP contribution in [0, 0.1) is 0 Å². The molecule has 1 heterocycles. The lowest BCUT2D eigenvalue weighted by atomic mass is 9.85. The minimum Gasteiger partial charge on any atom is -0.423 e. The van der Waals surface area contributed by atoms with Crippen molar-refractivity contribution in [3.05, 3.63) is 82.7 Å². The van der Waals surface area contributed by atoms with Gasteiger partial charge in [0, 0.05) is 11.6 Å². The number of hydrogen-bond donors (Lipinski definition) is 0. The molecule has 3 aromatic rings. The van der Waals surface area contributed by atoms with E-state index in [4.69, 9.17) is 4.42 Å². The Morgan fingerprint density at radius 1 is 0.739 bits per heavy atom. The van der Waals surface area contributed by atoms with Crippen molar-refractivity contribution >= 4 is 0 Å². The SMILES string of the molecule is CC(C)(C)c1cccc(-c2cc(-c3ccccc3)oc(=O)c2)c1. The third-order valence-corrected chi connectivity index (χ3v) is 3.89. The molecular formula is C21H20O2. The molecule has 0 saturated heterocycles. The van der Waals surface area contributed by atoms with Crippen LogP contribution in [0.3, 0.4) is 0 Å². The predicted octanol–water partition coefficient (Wildman–Crippen LogP) is 5.27. The van der Waals surface area contributed by atoms with Crippen LogP contribution in [0.4, 0.5) is 0 Å². The van der Waals surface area contributed by atoms with E-state index in [0.717, 1.165) is 16.7 Å². The molecule has 116 valence electrons. The second kappa shape index (κ2) is 5.88. The average Bonchev–Trinajstić information content (AvgIpc) is 2.54. The molecular weight excluding hydrogens is 284 g/mol. The molecule has 0 atom stereocenters. The Hall–Kier alpha value is -2.61. The molecule has 0 amide bonds. The lowest BCUT2D eigenvalue weighted by molar-refractivity contribution is 0.526. The van der Waals surface area contributed by atoms with Crippen molar-refractivity contribution in [1.82, 2.24) is 0 Å². The highest BCUT2D eigenvalue weighted by atomic mass is 16.4. The van der Waals surface area contributed by atoms with Gasteiger partial charge in [0.1, 0.15) is 5.76 Å². The number of hydrogen-bond acceptors (Lipinski definition) is 2. The van der Waals surface area contributed by atoms with Crippen LogP contribution in [0.15, 0.2) is 75.9 Å². The van der Waals surface area contributed by atoms with Crippen LogP contribution in [0.25, 0.3) is 22.5 Å². The fourth-order valence-electron chi connectivity index (χ4n) is 2.55. The zero-order valence-corrected chi connectivity index (χ0v) is 13.7. The molecule has 0 aliphatic rings. The Labute approximate surface area is 136 Å². The molecule has 1 aromatic heterocycles. The first-order valence-corrected chi connectivity index (χ1v) is 7.75. The fraction of sp³-hybridized carbons (Fsp3) is 0.190. The van der Waals surface area contributed by atoms with E-state index in [9.17, 15) is 4.79 Å². The van der Waals surface area contributed by atoms with Crippen LogP contribution in [0.5, 0.6) is 0 Å². The Morgan fingerprint density at radius 3 is 2.13 bits per heavy atom. The maximum Gasteiger partial charge on any atom is 0.336 e. The maximum absolute atomic E-state index is 12.0. The Bertz CT molecular complexity index is 868. The number of rotatable bonds is 2. The molecule has 0 unspecified atom stereocenters. The Morgan fingerprint density at radius 2 is 1.43 bits per heavy atom. The van der Waals surface area contributed by atoms with E-state index in [0.29, 0.717) is 5.76 Å². The maximum atomic E-state index is 12.0. The van der Waals surface area contributed by atoms with Gasteiger partial charge in [0.05, 0.1) is 0 Å². The van der Waals surface area contributed by atoms with Crippen LogP contribution >= 0.6 is 0 Å². The zero-order valence-electron chi connectivity index (χ0n) is 13.7. The zero-order chi connectivity index (χ0) is 16.4. The van der Waals surface area contributed by atoms with Gasteiger partial charge in [0.15, 0.2) is 0 Å². The Kier molecular flexibility index (Phi) is 3.91. The molecule has 2 aromatic carbocycles. The van der Waals surface area contributed by atoms with Crippen molar-refractivity contribution in [1.29, 1.82) is 0 Å². The molecule has 0 saturated carbocycles. The van der Waals surface area contributed by atoms with Crippen molar-refractivity contribution in [2.75, 3.05) is 0 Å². The van der Waals surface area contributed by atoms with Crippen LogP contribution in [-0.2, 0) is 5.41 Å². The second-order valence-electron chi connectivity index (χ2n) is 6.73. The molecule has 0 N–H and O–H groups in total. The van der Waals surface area contributed by atoms with Gasteiger partial charge in [0.25, 0.3) is 0 Å². The van der Waals surface area contributed by atoms with Gasteiger partial charge in [-0.2, -0.15) is 0 Å². The summed E-state index contributed by atoms with van der Waals surface area (Å²) in [6.07, 6.45) is 0. The van der Waals surface area contributed by atoms with E-state index >= 15 is 0 Å². The monoisotopic (exact) mass is 304 g/mol. The standard InChI is InChI=1S/C21H20O2/c1-21(2,3)18-11-7-10-16(12-18)17-13-19(23-20(22)14-17)15-8-5-4-6-9-15/h4-14H,1-3H3. The summed E-state index contributed by atoms with van der Waals surface area (Å²) >= 11 is 0. The van der Waals surface area contributed by atoms with E-state index in [2.05, 4.69) is 32.9 Å². The van der Waals surface area contributed by atoms with Gasteiger partial charge in [-0.15, -0.1) is 0 Å². The van der Waals surface area contributed by atoms with Crippen molar-refractivity contribution in [2.45, 2.75) is 26.2 Å². The summed E-state index contributed by atoms with van der Waals surface area (Å²) in [7, 11) is 0. The van der Waals surface area contributed by atoms with Crippen LogP contribution < -0.4 is 5.63 Å². The largest absolute Gasteiger partial charge is 0.423 e. The van der Waals surface area contributed by atoms with Crippen molar-refractivity contribution in [3.8, 4) is 22.5 Å². The molecule has 0 spiro atoms. The first-order valence-electron chi connectivity index (χ1n) is 7.75. The first-order chi connectivity index (χ1) is 10.9. The lowest BCUT2D eigenvalue weighted by Crippen LogP contribution is -2.10. The van der Waals surface area contributed by atoms with E-state index in [1.54, 1.807) is 6.07 Å².